The van der Waals surface area contributed by atoms with Gasteiger partial charge in [0.15, 0.2) is 0 Å². The molecular formula is C14H21NO2. The Kier molecular flexibility index (Phi) is 3.40. The van der Waals surface area contributed by atoms with Crippen molar-refractivity contribution < 1.29 is 9.84 Å². The predicted molar refractivity (Wildman–Crippen MR) is 68.1 cm³/mol. The van der Waals surface area contributed by atoms with Crippen LogP contribution in [0.2, 0.25) is 0 Å². The molecule has 0 radical (unpaired) electrons. The van der Waals surface area contributed by atoms with Crippen LogP contribution in [0.15, 0.2) is 24.3 Å². The van der Waals surface area contributed by atoms with Crippen molar-refractivity contribution in [1.29, 1.82) is 0 Å². The van der Waals surface area contributed by atoms with Gasteiger partial charge in [0.25, 0.3) is 0 Å². The summed E-state index contributed by atoms with van der Waals surface area (Å²) in [6.45, 7) is 6.02. The van der Waals surface area contributed by atoms with Gasteiger partial charge in [-0.05, 0) is 38.0 Å². The fraction of sp³-hybridized carbons (Fsp3) is 0.571. The van der Waals surface area contributed by atoms with Gasteiger partial charge in [-0.3, -0.25) is 4.90 Å². The van der Waals surface area contributed by atoms with E-state index >= 15 is 0 Å². The van der Waals surface area contributed by atoms with E-state index < -0.39 is 0 Å². The number of aliphatic hydroxyl groups is 1. The molecule has 0 saturated carbocycles. The van der Waals surface area contributed by atoms with Crippen molar-refractivity contribution in [3.8, 4) is 5.75 Å². The van der Waals surface area contributed by atoms with Crippen molar-refractivity contribution in [2.45, 2.75) is 38.5 Å². The Morgan fingerprint density at radius 2 is 2.24 bits per heavy atom. The van der Waals surface area contributed by atoms with Crippen LogP contribution in [0.5, 0.6) is 5.75 Å². The van der Waals surface area contributed by atoms with Gasteiger partial charge in [-0.25, -0.2) is 0 Å². The minimum atomic E-state index is -0.229. The number of methoxy groups -OCH3 is 1. The van der Waals surface area contributed by atoms with E-state index in [-0.39, 0.29) is 11.6 Å². The fourth-order valence-electron chi connectivity index (χ4n) is 2.40. The number of rotatable bonds is 3. The molecule has 94 valence electrons. The Balaban J connectivity index is 2.10. The summed E-state index contributed by atoms with van der Waals surface area (Å²) < 4.78 is 5.22. The first-order valence-corrected chi connectivity index (χ1v) is 6.10. The first kappa shape index (κ1) is 12.4. The minimum Gasteiger partial charge on any atom is -0.497 e. The molecule has 1 N–H and O–H groups in total. The van der Waals surface area contributed by atoms with E-state index in [1.807, 2.05) is 12.1 Å². The molecule has 1 aromatic rings. The molecule has 17 heavy (non-hydrogen) atoms. The third-order valence-electron chi connectivity index (χ3n) is 3.81. The summed E-state index contributed by atoms with van der Waals surface area (Å²) in [6.07, 6.45) is 0.629. The molecule has 1 aromatic carbocycles. The first-order valence-electron chi connectivity index (χ1n) is 6.10. The van der Waals surface area contributed by atoms with Crippen molar-refractivity contribution in [2.75, 3.05) is 13.7 Å². The average Bonchev–Trinajstić information content (AvgIpc) is 2.56. The molecule has 1 atom stereocenters. The fourth-order valence-corrected chi connectivity index (χ4v) is 2.40. The number of nitrogens with zero attached hydrogens (tertiary/aromatic N) is 1. The third-order valence-corrected chi connectivity index (χ3v) is 3.81. The van der Waals surface area contributed by atoms with E-state index in [1.54, 1.807) is 7.11 Å². The summed E-state index contributed by atoms with van der Waals surface area (Å²) in [5.41, 5.74) is 1.09. The predicted octanol–water partition coefficient (Wildman–Crippen LogP) is 2.04. The summed E-state index contributed by atoms with van der Waals surface area (Å²) >= 11 is 0. The summed E-state index contributed by atoms with van der Waals surface area (Å²) in [7, 11) is 1.68. The van der Waals surface area contributed by atoms with E-state index in [9.17, 15) is 5.11 Å². The van der Waals surface area contributed by atoms with Gasteiger partial charge in [0.2, 0.25) is 0 Å². The Hall–Kier alpha value is -1.06. The lowest BCUT2D eigenvalue weighted by molar-refractivity contribution is 0.0506. The van der Waals surface area contributed by atoms with E-state index in [4.69, 9.17) is 4.74 Å². The highest BCUT2D eigenvalue weighted by molar-refractivity contribution is 5.28. The summed E-state index contributed by atoms with van der Waals surface area (Å²) in [5.74, 6) is 0.889. The van der Waals surface area contributed by atoms with Crippen LogP contribution >= 0.6 is 0 Å². The van der Waals surface area contributed by atoms with E-state index in [0.29, 0.717) is 0 Å². The van der Waals surface area contributed by atoms with Crippen molar-refractivity contribution >= 4 is 0 Å². The van der Waals surface area contributed by atoms with Gasteiger partial charge in [0.05, 0.1) is 13.2 Å². The normalized spacial score (nSPS) is 23.9. The Labute approximate surface area is 103 Å². The van der Waals surface area contributed by atoms with E-state index in [0.717, 1.165) is 25.3 Å². The van der Waals surface area contributed by atoms with E-state index in [1.165, 1.54) is 5.56 Å². The van der Waals surface area contributed by atoms with Crippen LogP contribution in [0.3, 0.4) is 0 Å². The lowest BCUT2D eigenvalue weighted by Crippen LogP contribution is -2.44. The quantitative estimate of drug-likeness (QED) is 0.870. The minimum absolute atomic E-state index is 0.136. The van der Waals surface area contributed by atoms with Crippen LogP contribution in [-0.2, 0) is 6.54 Å². The molecule has 1 fully saturated rings. The maximum absolute atomic E-state index is 9.94. The zero-order chi connectivity index (χ0) is 12.5. The molecule has 0 amide bonds. The van der Waals surface area contributed by atoms with Gasteiger partial charge in [-0.2, -0.15) is 0 Å². The Morgan fingerprint density at radius 3 is 2.82 bits per heavy atom. The smallest absolute Gasteiger partial charge is 0.119 e. The molecule has 3 heteroatoms. The van der Waals surface area contributed by atoms with Gasteiger partial charge in [0.1, 0.15) is 5.75 Å². The molecule has 1 aliphatic rings. The highest BCUT2D eigenvalue weighted by Crippen LogP contribution is 2.30. The number of aliphatic hydroxyl groups excluding tert-OH is 1. The van der Waals surface area contributed by atoms with E-state index in [2.05, 4.69) is 30.9 Å². The summed E-state index contributed by atoms with van der Waals surface area (Å²) in [4.78, 5) is 2.33. The molecule has 1 unspecified atom stereocenters. The zero-order valence-corrected chi connectivity index (χ0v) is 10.8. The second kappa shape index (κ2) is 4.67. The van der Waals surface area contributed by atoms with Crippen LogP contribution in [-0.4, -0.2) is 35.3 Å². The molecule has 2 rings (SSSR count). The van der Waals surface area contributed by atoms with Gasteiger partial charge in [-0.1, -0.05) is 12.1 Å². The molecule has 3 nitrogen and oxygen atoms in total. The summed E-state index contributed by atoms with van der Waals surface area (Å²) in [6, 6.07) is 8.12. The largest absolute Gasteiger partial charge is 0.497 e. The number of hydrogen-bond acceptors (Lipinski definition) is 3. The van der Waals surface area contributed by atoms with Crippen LogP contribution in [0, 0.1) is 0 Å². The molecule has 1 aliphatic heterocycles. The number of likely N-dealkylation sites (tertiary alicyclic amines) is 1. The second-order valence-electron chi connectivity index (χ2n) is 5.23. The van der Waals surface area contributed by atoms with Gasteiger partial charge < -0.3 is 9.84 Å². The van der Waals surface area contributed by atoms with Gasteiger partial charge in [-0.15, -0.1) is 0 Å². The number of hydrogen-bond donors (Lipinski definition) is 1. The molecule has 0 spiro atoms. The third kappa shape index (κ3) is 2.45. The maximum Gasteiger partial charge on any atom is 0.119 e. The van der Waals surface area contributed by atoms with Gasteiger partial charge in [0, 0.05) is 18.6 Å². The molecule has 0 aromatic heterocycles. The SMILES string of the molecule is COc1cccc(CN2CCC(O)C2(C)C)c1. The van der Waals surface area contributed by atoms with Crippen LogP contribution in [0.1, 0.15) is 25.8 Å². The molecule has 1 heterocycles. The van der Waals surface area contributed by atoms with Crippen molar-refractivity contribution in [3.63, 3.8) is 0 Å². The van der Waals surface area contributed by atoms with Crippen molar-refractivity contribution in [2.24, 2.45) is 0 Å². The van der Waals surface area contributed by atoms with Crippen molar-refractivity contribution in [3.05, 3.63) is 29.8 Å². The Bertz CT molecular complexity index is 390. The summed E-state index contributed by atoms with van der Waals surface area (Å²) in [5, 5.41) is 9.94. The number of ether oxygens (including phenoxy) is 1. The zero-order valence-electron chi connectivity index (χ0n) is 10.8. The van der Waals surface area contributed by atoms with Gasteiger partial charge >= 0.3 is 0 Å². The average molecular weight is 235 g/mol. The van der Waals surface area contributed by atoms with Crippen molar-refractivity contribution in [1.82, 2.24) is 4.90 Å². The standard InChI is InChI=1S/C14H21NO2/c1-14(2)13(16)7-8-15(14)10-11-5-4-6-12(9-11)17-3/h4-6,9,13,16H,7-8,10H2,1-3H3. The van der Waals surface area contributed by atoms with Crippen LogP contribution in [0.4, 0.5) is 0 Å². The molecular weight excluding hydrogens is 214 g/mol. The molecule has 0 bridgehead atoms. The monoisotopic (exact) mass is 235 g/mol. The lowest BCUT2D eigenvalue weighted by Gasteiger charge is -2.33. The highest BCUT2D eigenvalue weighted by Gasteiger charge is 2.39. The topological polar surface area (TPSA) is 32.7 Å². The molecule has 0 aliphatic carbocycles. The first-order chi connectivity index (χ1) is 8.04. The Morgan fingerprint density at radius 1 is 1.47 bits per heavy atom. The lowest BCUT2D eigenvalue weighted by atomic mass is 9.98. The number of benzene rings is 1. The van der Waals surface area contributed by atoms with Crippen LogP contribution in [0.25, 0.3) is 0 Å². The van der Waals surface area contributed by atoms with Crippen LogP contribution < -0.4 is 4.74 Å². The molecule has 1 saturated heterocycles. The highest BCUT2D eigenvalue weighted by atomic mass is 16.5. The maximum atomic E-state index is 9.94. The second-order valence-corrected chi connectivity index (χ2v) is 5.23.